The number of nitrogens with two attached hydrogens (primary N) is 1. The third kappa shape index (κ3) is 2.82. The number of methoxy groups -OCH3 is 1. The Kier molecular flexibility index (Phi) is 3.57. The van der Waals surface area contributed by atoms with Crippen molar-refractivity contribution in [3.05, 3.63) is 29.3 Å². The second-order valence-electron chi connectivity index (χ2n) is 4.97. The molecule has 4 heteroatoms. The molecule has 1 saturated carbocycles. The molecule has 1 aromatic rings. The Bertz CT molecular complexity index is 453. The van der Waals surface area contributed by atoms with Crippen LogP contribution >= 0.6 is 0 Å². The molecule has 0 unspecified atom stereocenters. The number of rotatable bonds is 5. The van der Waals surface area contributed by atoms with Gasteiger partial charge in [0.1, 0.15) is 5.75 Å². The van der Waals surface area contributed by atoms with E-state index in [4.69, 9.17) is 10.5 Å². The molecule has 1 aromatic carbocycles. The summed E-state index contributed by atoms with van der Waals surface area (Å²) >= 11 is 0. The molecule has 0 spiro atoms. The van der Waals surface area contributed by atoms with E-state index in [1.165, 1.54) is 0 Å². The lowest BCUT2D eigenvalue weighted by molar-refractivity contribution is -0.123. The first kappa shape index (κ1) is 12.9. The summed E-state index contributed by atoms with van der Waals surface area (Å²) in [6.07, 6.45) is 2.40. The number of amides is 1. The van der Waals surface area contributed by atoms with Crippen molar-refractivity contribution in [1.82, 2.24) is 5.32 Å². The zero-order chi connectivity index (χ0) is 13.2. The van der Waals surface area contributed by atoms with Crippen LogP contribution in [0, 0.1) is 6.92 Å². The summed E-state index contributed by atoms with van der Waals surface area (Å²) in [7, 11) is 1.67. The normalized spacial score (nSPS) is 16.2. The summed E-state index contributed by atoms with van der Waals surface area (Å²) in [6.45, 7) is 2.62. The SMILES string of the molecule is COc1cc(CCNC(=O)C2(N)CC2)ccc1C. The number of benzene rings is 1. The zero-order valence-electron chi connectivity index (χ0n) is 11.0. The van der Waals surface area contributed by atoms with E-state index in [1.54, 1.807) is 7.11 Å². The molecule has 0 aliphatic heterocycles. The summed E-state index contributed by atoms with van der Waals surface area (Å²) in [5.41, 5.74) is 7.49. The molecule has 2 rings (SSSR count). The summed E-state index contributed by atoms with van der Waals surface area (Å²) in [6, 6.07) is 6.09. The minimum atomic E-state index is -0.578. The molecular formula is C14H20N2O2. The fraction of sp³-hybridized carbons (Fsp3) is 0.500. The average Bonchev–Trinajstić information content (AvgIpc) is 3.10. The molecule has 0 aromatic heterocycles. The summed E-state index contributed by atoms with van der Waals surface area (Å²) < 4.78 is 5.27. The van der Waals surface area contributed by atoms with Gasteiger partial charge in [-0.3, -0.25) is 4.79 Å². The Labute approximate surface area is 108 Å². The number of aryl methyl sites for hydroxylation is 1. The molecule has 1 aliphatic rings. The highest BCUT2D eigenvalue weighted by Crippen LogP contribution is 2.32. The highest BCUT2D eigenvalue weighted by Gasteiger charge is 2.45. The van der Waals surface area contributed by atoms with Crippen molar-refractivity contribution in [2.45, 2.75) is 31.7 Å². The van der Waals surface area contributed by atoms with Crippen LogP contribution in [0.25, 0.3) is 0 Å². The minimum absolute atomic E-state index is 0.0263. The van der Waals surface area contributed by atoms with E-state index in [0.717, 1.165) is 36.1 Å². The van der Waals surface area contributed by atoms with Crippen LogP contribution in [0.4, 0.5) is 0 Å². The lowest BCUT2D eigenvalue weighted by Gasteiger charge is -2.11. The first-order chi connectivity index (χ1) is 8.55. The van der Waals surface area contributed by atoms with Crippen molar-refractivity contribution in [3.8, 4) is 5.75 Å². The molecule has 0 bridgehead atoms. The van der Waals surface area contributed by atoms with Crippen LogP contribution in [0.2, 0.25) is 0 Å². The number of carbonyl (C=O) groups is 1. The quantitative estimate of drug-likeness (QED) is 0.821. The Morgan fingerprint density at radius 3 is 2.83 bits per heavy atom. The van der Waals surface area contributed by atoms with Crippen LogP contribution in [0.5, 0.6) is 5.75 Å². The van der Waals surface area contributed by atoms with Gasteiger partial charge in [0.15, 0.2) is 0 Å². The van der Waals surface area contributed by atoms with E-state index in [0.29, 0.717) is 6.54 Å². The first-order valence-electron chi connectivity index (χ1n) is 6.26. The topological polar surface area (TPSA) is 64.3 Å². The molecule has 3 N–H and O–H groups in total. The number of nitrogens with one attached hydrogen (secondary N) is 1. The molecule has 1 aliphatic carbocycles. The Morgan fingerprint density at radius 2 is 2.22 bits per heavy atom. The lowest BCUT2D eigenvalue weighted by Crippen LogP contribution is -2.43. The van der Waals surface area contributed by atoms with Gasteiger partial charge in [-0.1, -0.05) is 12.1 Å². The molecular weight excluding hydrogens is 228 g/mol. The van der Waals surface area contributed by atoms with Gasteiger partial charge in [-0.05, 0) is 43.4 Å². The maximum atomic E-state index is 11.6. The first-order valence-corrected chi connectivity index (χ1v) is 6.26. The second kappa shape index (κ2) is 4.98. The molecule has 98 valence electrons. The van der Waals surface area contributed by atoms with Crippen molar-refractivity contribution >= 4 is 5.91 Å². The van der Waals surface area contributed by atoms with Crippen molar-refractivity contribution < 1.29 is 9.53 Å². The van der Waals surface area contributed by atoms with Crippen LogP contribution in [0.15, 0.2) is 18.2 Å². The third-order valence-corrected chi connectivity index (χ3v) is 3.41. The Balaban J connectivity index is 1.85. The van der Waals surface area contributed by atoms with Crippen LogP contribution in [-0.2, 0) is 11.2 Å². The predicted molar refractivity (Wildman–Crippen MR) is 70.6 cm³/mol. The zero-order valence-corrected chi connectivity index (χ0v) is 11.0. The van der Waals surface area contributed by atoms with Gasteiger partial charge in [0.05, 0.1) is 12.6 Å². The smallest absolute Gasteiger partial charge is 0.240 e. The fourth-order valence-electron chi connectivity index (χ4n) is 1.88. The van der Waals surface area contributed by atoms with E-state index in [2.05, 4.69) is 11.4 Å². The van der Waals surface area contributed by atoms with E-state index < -0.39 is 5.54 Å². The van der Waals surface area contributed by atoms with Crippen molar-refractivity contribution in [3.63, 3.8) is 0 Å². The number of carbonyl (C=O) groups excluding carboxylic acids is 1. The van der Waals surface area contributed by atoms with E-state index in [-0.39, 0.29) is 5.91 Å². The van der Waals surface area contributed by atoms with Gasteiger partial charge in [-0.2, -0.15) is 0 Å². The molecule has 0 saturated heterocycles. The van der Waals surface area contributed by atoms with E-state index in [9.17, 15) is 4.79 Å². The highest BCUT2D eigenvalue weighted by molar-refractivity contribution is 5.88. The van der Waals surface area contributed by atoms with Crippen LogP contribution < -0.4 is 15.8 Å². The maximum Gasteiger partial charge on any atom is 0.240 e. The third-order valence-electron chi connectivity index (χ3n) is 3.41. The number of hydrogen-bond donors (Lipinski definition) is 2. The van der Waals surface area contributed by atoms with Gasteiger partial charge in [0.2, 0.25) is 5.91 Å². The lowest BCUT2D eigenvalue weighted by atomic mass is 10.1. The summed E-state index contributed by atoms with van der Waals surface area (Å²) in [4.78, 5) is 11.6. The van der Waals surface area contributed by atoms with E-state index in [1.807, 2.05) is 19.1 Å². The maximum absolute atomic E-state index is 11.6. The predicted octanol–water partition coefficient (Wildman–Crippen LogP) is 1.15. The standard InChI is InChI=1S/C14H20N2O2/c1-10-3-4-11(9-12(10)18-2)5-8-16-13(17)14(15)6-7-14/h3-4,9H,5-8,15H2,1-2H3,(H,16,17). The van der Waals surface area contributed by atoms with Crippen molar-refractivity contribution in [1.29, 1.82) is 0 Å². The monoisotopic (exact) mass is 248 g/mol. The Hall–Kier alpha value is -1.55. The number of ether oxygens (including phenoxy) is 1. The molecule has 0 radical (unpaired) electrons. The molecule has 0 atom stereocenters. The average molecular weight is 248 g/mol. The van der Waals surface area contributed by atoms with E-state index >= 15 is 0 Å². The van der Waals surface area contributed by atoms with Gasteiger partial charge in [-0.15, -0.1) is 0 Å². The van der Waals surface area contributed by atoms with Crippen molar-refractivity contribution in [2.24, 2.45) is 5.73 Å². The molecule has 18 heavy (non-hydrogen) atoms. The summed E-state index contributed by atoms with van der Waals surface area (Å²) in [5, 5.41) is 2.88. The van der Waals surface area contributed by atoms with Gasteiger partial charge >= 0.3 is 0 Å². The highest BCUT2D eigenvalue weighted by atomic mass is 16.5. The molecule has 1 fully saturated rings. The largest absolute Gasteiger partial charge is 0.496 e. The van der Waals surface area contributed by atoms with Gasteiger partial charge in [-0.25, -0.2) is 0 Å². The Morgan fingerprint density at radius 1 is 1.50 bits per heavy atom. The van der Waals surface area contributed by atoms with Crippen LogP contribution in [-0.4, -0.2) is 25.1 Å². The van der Waals surface area contributed by atoms with Crippen LogP contribution in [0.1, 0.15) is 24.0 Å². The van der Waals surface area contributed by atoms with Gasteiger partial charge in [0, 0.05) is 6.54 Å². The molecule has 4 nitrogen and oxygen atoms in total. The van der Waals surface area contributed by atoms with Crippen molar-refractivity contribution in [2.75, 3.05) is 13.7 Å². The molecule has 0 heterocycles. The number of hydrogen-bond acceptors (Lipinski definition) is 3. The molecule has 1 amide bonds. The summed E-state index contributed by atoms with van der Waals surface area (Å²) in [5.74, 6) is 0.859. The minimum Gasteiger partial charge on any atom is -0.496 e. The van der Waals surface area contributed by atoms with Crippen LogP contribution in [0.3, 0.4) is 0 Å². The van der Waals surface area contributed by atoms with Gasteiger partial charge in [0.25, 0.3) is 0 Å². The fourth-order valence-corrected chi connectivity index (χ4v) is 1.88. The van der Waals surface area contributed by atoms with Gasteiger partial charge < -0.3 is 15.8 Å². The second-order valence-corrected chi connectivity index (χ2v) is 4.97.